The summed E-state index contributed by atoms with van der Waals surface area (Å²) in [6, 6.07) is 4.92. The lowest BCUT2D eigenvalue weighted by molar-refractivity contribution is -0.123. The first-order valence-corrected chi connectivity index (χ1v) is 8.24. The summed E-state index contributed by atoms with van der Waals surface area (Å²) in [6.07, 6.45) is 4.45. The lowest BCUT2D eigenvalue weighted by atomic mass is 9.87. The van der Waals surface area contributed by atoms with Gasteiger partial charge in [-0.1, -0.05) is 24.6 Å². The Hall–Kier alpha value is -1.13. The van der Waals surface area contributed by atoms with E-state index in [0.717, 1.165) is 18.8 Å². The number of rotatable bonds is 5. The van der Waals surface area contributed by atoms with Gasteiger partial charge in [0.2, 0.25) is 5.91 Å². The Morgan fingerprint density at radius 3 is 2.68 bits per heavy atom. The molecule has 0 saturated heterocycles. The van der Waals surface area contributed by atoms with Gasteiger partial charge in [0.25, 0.3) is 0 Å². The van der Waals surface area contributed by atoms with Crippen LogP contribution < -0.4 is 5.32 Å². The Labute approximate surface area is 136 Å². The first kappa shape index (κ1) is 17.2. The van der Waals surface area contributed by atoms with Gasteiger partial charge < -0.3 is 5.32 Å². The molecule has 3 nitrogen and oxygen atoms in total. The average molecular weight is 327 g/mol. The largest absolute Gasteiger partial charge is 0.352 e. The maximum Gasteiger partial charge on any atom is 0.234 e. The van der Waals surface area contributed by atoms with Crippen molar-refractivity contribution in [3.8, 4) is 0 Å². The fourth-order valence-electron chi connectivity index (χ4n) is 2.93. The van der Waals surface area contributed by atoms with E-state index in [4.69, 9.17) is 11.6 Å². The second-order valence-corrected chi connectivity index (χ2v) is 6.80. The Kier molecular flexibility index (Phi) is 6.21. The molecule has 0 radical (unpaired) electrons. The quantitative estimate of drug-likeness (QED) is 0.896. The molecule has 1 fully saturated rings. The first-order valence-electron chi connectivity index (χ1n) is 7.86. The molecule has 122 valence electrons. The van der Waals surface area contributed by atoms with Gasteiger partial charge in [-0.15, -0.1) is 0 Å². The van der Waals surface area contributed by atoms with Gasteiger partial charge in [-0.25, -0.2) is 4.39 Å². The molecule has 1 aromatic carbocycles. The van der Waals surface area contributed by atoms with Crippen molar-refractivity contribution in [3.63, 3.8) is 0 Å². The molecule has 5 heteroatoms. The molecule has 0 bridgehead atoms. The number of carbonyl (C=O) groups excluding carboxylic acids is 1. The third kappa shape index (κ3) is 4.96. The number of benzene rings is 1. The van der Waals surface area contributed by atoms with Gasteiger partial charge in [0.15, 0.2) is 0 Å². The van der Waals surface area contributed by atoms with Gasteiger partial charge in [0.1, 0.15) is 5.82 Å². The van der Waals surface area contributed by atoms with Gasteiger partial charge in [0, 0.05) is 23.2 Å². The molecule has 0 aromatic heterocycles. The maximum atomic E-state index is 13.7. The van der Waals surface area contributed by atoms with E-state index in [0.29, 0.717) is 17.1 Å². The van der Waals surface area contributed by atoms with E-state index in [-0.39, 0.29) is 24.3 Å². The monoisotopic (exact) mass is 326 g/mol. The number of nitrogens with zero attached hydrogens (tertiary/aromatic N) is 1. The predicted molar refractivity (Wildman–Crippen MR) is 87.3 cm³/mol. The molecule has 1 aliphatic carbocycles. The minimum absolute atomic E-state index is 0.00508. The molecule has 0 aliphatic heterocycles. The number of likely N-dealkylation sites (N-methyl/N-ethyl adjacent to an activating group) is 1. The molecule has 0 heterocycles. The van der Waals surface area contributed by atoms with Crippen LogP contribution in [0.15, 0.2) is 18.2 Å². The second-order valence-electron chi connectivity index (χ2n) is 6.40. The highest BCUT2D eigenvalue weighted by molar-refractivity contribution is 6.31. The molecule has 1 N–H and O–H groups in total. The molecule has 22 heavy (non-hydrogen) atoms. The lowest BCUT2D eigenvalue weighted by Crippen LogP contribution is -2.42. The summed E-state index contributed by atoms with van der Waals surface area (Å²) in [6.45, 7) is 2.82. The van der Waals surface area contributed by atoms with Crippen LogP contribution in [0.2, 0.25) is 5.02 Å². The zero-order chi connectivity index (χ0) is 16.1. The molecule has 0 spiro atoms. The van der Waals surface area contributed by atoms with E-state index in [2.05, 4.69) is 12.2 Å². The minimum atomic E-state index is -0.332. The van der Waals surface area contributed by atoms with Gasteiger partial charge in [-0.2, -0.15) is 0 Å². The Morgan fingerprint density at radius 2 is 2.05 bits per heavy atom. The fourth-order valence-corrected chi connectivity index (χ4v) is 3.15. The zero-order valence-electron chi connectivity index (χ0n) is 13.2. The molecule has 1 aliphatic rings. The molecule has 1 amide bonds. The molecular formula is C17H24ClFN2O. The third-order valence-electron chi connectivity index (χ3n) is 4.28. The first-order chi connectivity index (χ1) is 10.5. The highest BCUT2D eigenvalue weighted by Crippen LogP contribution is 2.23. The summed E-state index contributed by atoms with van der Waals surface area (Å²) < 4.78 is 13.7. The van der Waals surface area contributed by atoms with Crippen molar-refractivity contribution >= 4 is 17.5 Å². The highest BCUT2D eigenvalue weighted by Gasteiger charge is 2.20. The van der Waals surface area contributed by atoms with E-state index in [1.54, 1.807) is 24.1 Å². The van der Waals surface area contributed by atoms with Gasteiger partial charge in [-0.05, 0) is 50.8 Å². The van der Waals surface area contributed by atoms with Crippen molar-refractivity contribution < 1.29 is 9.18 Å². The average Bonchev–Trinajstić information content (AvgIpc) is 2.45. The molecule has 0 atom stereocenters. The summed E-state index contributed by atoms with van der Waals surface area (Å²) >= 11 is 6.01. The summed E-state index contributed by atoms with van der Waals surface area (Å²) in [5, 5.41) is 3.47. The molecule has 1 aromatic rings. The van der Waals surface area contributed by atoms with Crippen LogP contribution in [0.25, 0.3) is 0 Å². The van der Waals surface area contributed by atoms with Crippen LogP contribution in [0.4, 0.5) is 4.39 Å². The van der Waals surface area contributed by atoms with Crippen LogP contribution in [0.1, 0.15) is 38.2 Å². The number of amides is 1. The van der Waals surface area contributed by atoms with E-state index in [1.165, 1.54) is 18.9 Å². The van der Waals surface area contributed by atoms with Gasteiger partial charge in [-0.3, -0.25) is 9.69 Å². The topological polar surface area (TPSA) is 32.3 Å². The van der Waals surface area contributed by atoms with Crippen LogP contribution in [0, 0.1) is 11.7 Å². The summed E-state index contributed by atoms with van der Waals surface area (Å²) in [4.78, 5) is 13.9. The summed E-state index contributed by atoms with van der Waals surface area (Å²) in [5.74, 6) is 0.426. The number of hydrogen-bond donors (Lipinski definition) is 1. The van der Waals surface area contributed by atoms with Crippen LogP contribution >= 0.6 is 11.6 Å². The van der Waals surface area contributed by atoms with E-state index < -0.39 is 0 Å². The maximum absolute atomic E-state index is 13.7. The number of hydrogen-bond acceptors (Lipinski definition) is 2. The summed E-state index contributed by atoms with van der Waals surface area (Å²) in [5.41, 5.74) is 0.436. The van der Waals surface area contributed by atoms with Crippen molar-refractivity contribution in [3.05, 3.63) is 34.6 Å². The minimum Gasteiger partial charge on any atom is -0.352 e. The summed E-state index contributed by atoms with van der Waals surface area (Å²) in [7, 11) is 1.80. The Bertz CT molecular complexity index is 495. The van der Waals surface area contributed by atoms with Crippen molar-refractivity contribution in [1.29, 1.82) is 0 Å². The van der Waals surface area contributed by atoms with Crippen molar-refractivity contribution in [2.24, 2.45) is 5.92 Å². The highest BCUT2D eigenvalue weighted by atomic mass is 35.5. The number of halogens is 2. The SMILES string of the molecule is CC1CCC(NC(=O)CN(C)Cc2c(F)cccc2Cl)CC1. The lowest BCUT2D eigenvalue weighted by Gasteiger charge is -2.27. The number of nitrogens with one attached hydrogen (secondary N) is 1. The standard InChI is InChI=1S/C17H24ClFN2O/c1-12-6-8-13(9-7-12)20-17(22)11-21(2)10-14-15(18)4-3-5-16(14)19/h3-5,12-13H,6-11H2,1-2H3,(H,20,22). The molecule has 0 unspecified atom stereocenters. The molecule has 1 saturated carbocycles. The van der Waals surface area contributed by atoms with Crippen LogP contribution in [-0.4, -0.2) is 30.4 Å². The van der Waals surface area contributed by atoms with Gasteiger partial charge in [0.05, 0.1) is 6.54 Å². The molecule has 2 rings (SSSR count). The number of carbonyl (C=O) groups is 1. The smallest absolute Gasteiger partial charge is 0.234 e. The van der Waals surface area contributed by atoms with Crippen LogP contribution in [-0.2, 0) is 11.3 Å². The molecular weight excluding hydrogens is 303 g/mol. The Balaban J connectivity index is 1.81. The van der Waals surface area contributed by atoms with E-state index in [9.17, 15) is 9.18 Å². The van der Waals surface area contributed by atoms with Crippen molar-refractivity contribution in [2.45, 2.75) is 45.2 Å². The fraction of sp³-hybridized carbons (Fsp3) is 0.588. The van der Waals surface area contributed by atoms with E-state index >= 15 is 0 Å². The zero-order valence-corrected chi connectivity index (χ0v) is 14.0. The van der Waals surface area contributed by atoms with Gasteiger partial charge >= 0.3 is 0 Å². The van der Waals surface area contributed by atoms with Crippen LogP contribution in [0.5, 0.6) is 0 Å². The second kappa shape index (κ2) is 7.93. The Morgan fingerprint density at radius 1 is 1.36 bits per heavy atom. The van der Waals surface area contributed by atoms with Crippen LogP contribution in [0.3, 0.4) is 0 Å². The van der Waals surface area contributed by atoms with Crippen molar-refractivity contribution in [2.75, 3.05) is 13.6 Å². The normalized spacial score (nSPS) is 21.9. The third-order valence-corrected chi connectivity index (χ3v) is 4.64. The van der Waals surface area contributed by atoms with E-state index in [1.807, 2.05) is 0 Å². The predicted octanol–water partition coefficient (Wildman–Crippen LogP) is 3.61. The van der Waals surface area contributed by atoms with Crippen molar-refractivity contribution in [1.82, 2.24) is 10.2 Å².